The van der Waals surface area contributed by atoms with E-state index in [0.717, 1.165) is 64.7 Å². The number of guanidine groups is 1. The third-order valence-corrected chi connectivity index (χ3v) is 5.22. The zero-order valence-corrected chi connectivity index (χ0v) is 16.5. The maximum absolute atomic E-state index is 5.63. The lowest BCUT2D eigenvalue weighted by atomic mass is 9.88. The van der Waals surface area contributed by atoms with Gasteiger partial charge in [0.1, 0.15) is 0 Å². The van der Waals surface area contributed by atoms with Gasteiger partial charge in [-0.15, -0.1) is 0 Å². The zero-order chi connectivity index (χ0) is 18.0. The van der Waals surface area contributed by atoms with Gasteiger partial charge in [0, 0.05) is 52.1 Å². The molecule has 0 spiro atoms. The average Bonchev–Trinajstić information content (AvgIpc) is 3.16. The van der Waals surface area contributed by atoms with Crippen molar-refractivity contribution >= 4 is 5.96 Å². The van der Waals surface area contributed by atoms with Gasteiger partial charge in [0.2, 0.25) is 0 Å². The molecule has 0 bridgehead atoms. The van der Waals surface area contributed by atoms with E-state index in [0.29, 0.717) is 5.92 Å². The van der Waals surface area contributed by atoms with Gasteiger partial charge in [-0.1, -0.05) is 13.8 Å². The van der Waals surface area contributed by atoms with Crippen LogP contribution in [0.1, 0.15) is 46.0 Å². The highest BCUT2D eigenvalue weighted by Gasteiger charge is 2.39. The molecule has 2 heterocycles. The minimum absolute atomic E-state index is 0.229. The van der Waals surface area contributed by atoms with E-state index in [1.165, 1.54) is 25.9 Å². The van der Waals surface area contributed by atoms with Gasteiger partial charge in [0.25, 0.3) is 0 Å². The van der Waals surface area contributed by atoms with Crippen LogP contribution in [0.4, 0.5) is 0 Å². The summed E-state index contributed by atoms with van der Waals surface area (Å²) in [5.74, 6) is 1.50. The Bertz CT molecular complexity index is 389. The Morgan fingerprint density at radius 3 is 2.56 bits per heavy atom. The van der Waals surface area contributed by atoms with Crippen molar-refractivity contribution in [2.24, 2.45) is 10.9 Å². The standard InChI is InChI=1S/C19H38N4O2/c1-17(2)15-25-12-6-9-21-18(20-3)22-16-19(7-13-24-14-8-19)23-10-4-5-11-23/h17H,4-16H2,1-3H3,(H2,20,21,22). The van der Waals surface area contributed by atoms with Crippen LogP contribution in [0.3, 0.4) is 0 Å². The van der Waals surface area contributed by atoms with Crippen LogP contribution in [0, 0.1) is 5.92 Å². The Hall–Kier alpha value is -0.850. The fraction of sp³-hybridized carbons (Fsp3) is 0.947. The molecule has 0 radical (unpaired) electrons. The minimum atomic E-state index is 0.229. The van der Waals surface area contributed by atoms with E-state index in [4.69, 9.17) is 9.47 Å². The highest BCUT2D eigenvalue weighted by molar-refractivity contribution is 5.79. The highest BCUT2D eigenvalue weighted by atomic mass is 16.5. The zero-order valence-electron chi connectivity index (χ0n) is 16.5. The lowest BCUT2D eigenvalue weighted by molar-refractivity contribution is -0.0164. The number of likely N-dealkylation sites (tertiary alicyclic amines) is 1. The molecule has 2 saturated heterocycles. The number of nitrogens with one attached hydrogen (secondary N) is 2. The van der Waals surface area contributed by atoms with Gasteiger partial charge in [0.05, 0.1) is 0 Å². The highest BCUT2D eigenvalue weighted by Crippen LogP contribution is 2.30. The summed E-state index contributed by atoms with van der Waals surface area (Å²) in [6.07, 6.45) is 5.87. The minimum Gasteiger partial charge on any atom is -0.381 e. The van der Waals surface area contributed by atoms with Crippen molar-refractivity contribution in [2.75, 3.05) is 59.7 Å². The molecule has 2 N–H and O–H groups in total. The maximum atomic E-state index is 5.63. The van der Waals surface area contributed by atoms with E-state index >= 15 is 0 Å². The molecule has 2 aliphatic heterocycles. The molecule has 0 unspecified atom stereocenters. The third kappa shape index (κ3) is 6.76. The summed E-state index contributed by atoms with van der Waals surface area (Å²) in [4.78, 5) is 7.06. The van der Waals surface area contributed by atoms with E-state index in [1.54, 1.807) is 0 Å². The van der Waals surface area contributed by atoms with Crippen molar-refractivity contribution in [1.29, 1.82) is 0 Å². The number of nitrogens with zero attached hydrogens (tertiary/aromatic N) is 2. The lowest BCUT2D eigenvalue weighted by Crippen LogP contribution is -2.58. The molecule has 6 nitrogen and oxygen atoms in total. The summed E-state index contributed by atoms with van der Waals surface area (Å²) >= 11 is 0. The van der Waals surface area contributed by atoms with Gasteiger partial charge in [-0.3, -0.25) is 9.89 Å². The molecule has 25 heavy (non-hydrogen) atoms. The fourth-order valence-electron chi connectivity index (χ4n) is 3.72. The van der Waals surface area contributed by atoms with Gasteiger partial charge in [-0.2, -0.15) is 0 Å². The predicted octanol–water partition coefficient (Wildman–Crippen LogP) is 1.86. The molecule has 2 aliphatic rings. The molecule has 0 aromatic carbocycles. The quantitative estimate of drug-likeness (QED) is 0.376. The molecular formula is C19H38N4O2. The van der Waals surface area contributed by atoms with E-state index in [9.17, 15) is 0 Å². The van der Waals surface area contributed by atoms with Gasteiger partial charge in [0.15, 0.2) is 5.96 Å². The fourth-order valence-corrected chi connectivity index (χ4v) is 3.72. The number of rotatable bonds is 9. The number of aliphatic imine (C=N–C) groups is 1. The van der Waals surface area contributed by atoms with E-state index < -0.39 is 0 Å². The van der Waals surface area contributed by atoms with Crippen LogP contribution in [0.2, 0.25) is 0 Å². The first-order chi connectivity index (χ1) is 12.2. The molecule has 0 aliphatic carbocycles. The van der Waals surface area contributed by atoms with Gasteiger partial charge >= 0.3 is 0 Å². The smallest absolute Gasteiger partial charge is 0.191 e. The molecule has 0 saturated carbocycles. The molecule has 0 aromatic rings. The van der Waals surface area contributed by atoms with Crippen LogP contribution in [0.5, 0.6) is 0 Å². The van der Waals surface area contributed by atoms with Crippen LogP contribution >= 0.6 is 0 Å². The summed E-state index contributed by atoms with van der Waals surface area (Å²) in [5.41, 5.74) is 0.229. The topological polar surface area (TPSA) is 58.1 Å². The van der Waals surface area contributed by atoms with Crippen LogP contribution in [0.25, 0.3) is 0 Å². The van der Waals surface area contributed by atoms with Crippen LogP contribution in [-0.4, -0.2) is 76.1 Å². The van der Waals surface area contributed by atoms with E-state index in [-0.39, 0.29) is 5.54 Å². The summed E-state index contributed by atoms with van der Waals surface area (Å²) in [5, 5.41) is 6.98. The number of hydrogen-bond donors (Lipinski definition) is 2. The second kappa shape index (κ2) is 11.0. The Kier molecular flexibility index (Phi) is 8.99. The molecular weight excluding hydrogens is 316 g/mol. The van der Waals surface area contributed by atoms with E-state index in [1.807, 2.05) is 7.05 Å². The second-order valence-electron chi connectivity index (χ2n) is 7.71. The molecule has 2 fully saturated rings. The molecule has 146 valence electrons. The number of hydrogen-bond acceptors (Lipinski definition) is 4. The van der Waals surface area contributed by atoms with Gasteiger partial charge in [-0.05, 0) is 51.1 Å². The van der Waals surface area contributed by atoms with Crippen molar-refractivity contribution in [2.45, 2.75) is 51.5 Å². The Balaban J connectivity index is 1.72. The second-order valence-corrected chi connectivity index (χ2v) is 7.71. The summed E-state index contributed by atoms with van der Waals surface area (Å²) in [7, 11) is 1.84. The van der Waals surface area contributed by atoms with Crippen molar-refractivity contribution < 1.29 is 9.47 Å². The Morgan fingerprint density at radius 2 is 1.92 bits per heavy atom. The molecule has 6 heteroatoms. The lowest BCUT2D eigenvalue weighted by Gasteiger charge is -2.45. The Morgan fingerprint density at radius 1 is 1.20 bits per heavy atom. The largest absolute Gasteiger partial charge is 0.381 e. The summed E-state index contributed by atoms with van der Waals surface area (Å²) < 4.78 is 11.3. The van der Waals surface area contributed by atoms with Crippen LogP contribution < -0.4 is 10.6 Å². The molecule has 0 amide bonds. The summed E-state index contributed by atoms with van der Waals surface area (Å²) in [6, 6.07) is 0. The van der Waals surface area contributed by atoms with Crippen molar-refractivity contribution in [1.82, 2.24) is 15.5 Å². The Labute approximate surface area is 153 Å². The first kappa shape index (κ1) is 20.5. The third-order valence-electron chi connectivity index (χ3n) is 5.22. The molecule has 0 atom stereocenters. The van der Waals surface area contributed by atoms with Gasteiger partial charge in [-0.25, -0.2) is 0 Å². The van der Waals surface area contributed by atoms with Crippen LogP contribution in [0.15, 0.2) is 4.99 Å². The monoisotopic (exact) mass is 354 g/mol. The van der Waals surface area contributed by atoms with Crippen molar-refractivity contribution in [3.63, 3.8) is 0 Å². The van der Waals surface area contributed by atoms with Crippen LogP contribution in [-0.2, 0) is 9.47 Å². The van der Waals surface area contributed by atoms with Crippen molar-refractivity contribution in [3.8, 4) is 0 Å². The number of ether oxygens (including phenoxy) is 2. The van der Waals surface area contributed by atoms with E-state index in [2.05, 4.69) is 34.4 Å². The predicted molar refractivity (Wildman–Crippen MR) is 103 cm³/mol. The van der Waals surface area contributed by atoms with Gasteiger partial charge < -0.3 is 20.1 Å². The average molecular weight is 355 g/mol. The first-order valence-electron chi connectivity index (χ1n) is 10.0. The SMILES string of the molecule is CN=C(NCCCOCC(C)C)NCC1(N2CCCC2)CCOCC1. The normalized spacial score (nSPS) is 21.7. The maximum Gasteiger partial charge on any atom is 0.191 e. The first-order valence-corrected chi connectivity index (χ1v) is 10.0. The molecule has 2 rings (SSSR count). The summed E-state index contributed by atoms with van der Waals surface area (Å²) in [6.45, 7) is 12.0. The van der Waals surface area contributed by atoms with Crippen molar-refractivity contribution in [3.05, 3.63) is 0 Å². The molecule has 0 aromatic heterocycles.